The van der Waals surface area contributed by atoms with Crippen molar-refractivity contribution in [2.75, 3.05) is 11.5 Å². The molecule has 1 aliphatic rings. The first-order valence-electron chi connectivity index (χ1n) is 7.11. The van der Waals surface area contributed by atoms with E-state index in [1.54, 1.807) is 0 Å². The Hall–Kier alpha value is -0.710. The number of nitrogens with zero attached hydrogens (tertiary/aromatic N) is 2. The van der Waals surface area contributed by atoms with E-state index in [0.717, 1.165) is 29.3 Å². The minimum atomic E-state index is 0.343. The monoisotopic (exact) mass is 336 g/mol. The van der Waals surface area contributed by atoms with Crippen LogP contribution in [0.2, 0.25) is 5.15 Å². The standard InChI is InChI=1S/C16H17ClN2S2/c1-2-13-15(21-9-8-20-13)16-18-12(10-14(17)19-16)11-6-4-3-5-7-11/h3-7,10,13,15H,2,8-9H2,1H3. The van der Waals surface area contributed by atoms with Crippen LogP contribution in [-0.2, 0) is 0 Å². The first kappa shape index (κ1) is 15.2. The third-order valence-electron chi connectivity index (χ3n) is 3.49. The summed E-state index contributed by atoms with van der Waals surface area (Å²) < 4.78 is 0. The van der Waals surface area contributed by atoms with Crippen LogP contribution in [0.4, 0.5) is 0 Å². The minimum Gasteiger partial charge on any atom is -0.232 e. The molecule has 1 fully saturated rings. The van der Waals surface area contributed by atoms with E-state index >= 15 is 0 Å². The molecule has 0 radical (unpaired) electrons. The van der Waals surface area contributed by atoms with Gasteiger partial charge >= 0.3 is 0 Å². The molecule has 1 saturated heterocycles. The number of rotatable bonds is 3. The first-order chi connectivity index (χ1) is 10.3. The van der Waals surface area contributed by atoms with Gasteiger partial charge in [0.15, 0.2) is 0 Å². The molecule has 2 unspecified atom stereocenters. The van der Waals surface area contributed by atoms with Crippen molar-refractivity contribution in [1.29, 1.82) is 0 Å². The van der Waals surface area contributed by atoms with Gasteiger partial charge < -0.3 is 0 Å². The molecule has 0 saturated carbocycles. The Bertz CT molecular complexity index is 606. The fourth-order valence-corrected chi connectivity index (χ4v) is 5.64. The Morgan fingerprint density at radius 2 is 1.90 bits per heavy atom. The molecule has 0 N–H and O–H groups in total. The van der Waals surface area contributed by atoms with Crippen molar-refractivity contribution in [2.24, 2.45) is 0 Å². The molecule has 110 valence electrons. The van der Waals surface area contributed by atoms with E-state index in [4.69, 9.17) is 16.6 Å². The maximum Gasteiger partial charge on any atom is 0.144 e. The molecular formula is C16H17ClN2S2. The Morgan fingerprint density at radius 3 is 2.67 bits per heavy atom. The second-order valence-electron chi connectivity index (χ2n) is 4.91. The predicted molar refractivity (Wildman–Crippen MR) is 94.2 cm³/mol. The fraction of sp³-hybridized carbons (Fsp3) is 0.375. The summed E-state index contributed by atoms with van der Waals surface area (Å²) >= 11 is 10.2. The van der Waals surface area contributed by atoms with Crippen LogP contribution >= 0.6 is 35.1 Å². The van der Waals surface area contributed by atoms with Gasteiger partial charge in [-0.1, -0.05) is 48.9 Å². The van der Waals surface area contributed by atoms with Crippen molar-refractivity contribution in [3.8, 4) is 11.3 Å². The van der Waals surface area contributed by atoms with Gasteiger partial charge in [0.1, 0.15) is 11.0 Å². The topological polar surface area (TPSA) is 25.8 Å². The summed E-state index contributed by atoms with van der Waals surface area (Å²) in [5.74, 6) is 3.25. The summed E-state index contributed by atoms with van der Waals surface area (Å²) in [4.78, 5) is 9.30. The summed E-state index contributed by atoms with van der Waals surface area (Å²) in [7, 11) is 0. The van der Waals surface area contributed by atoms with Gasteiger partial charge in [-0.25, -0.2) is 9.97 Å². The van der Waals surface area contributed by atoms with E-state index in [9.17, 15) is 0 Å². The second-order valence-corrected chi connectivity index (χ2v) is 7.89. The van der Waals surface area contributed by atoms with Gasteiger partial charge in [0, 0.05) is 28.4 Å². The lowest BCUT2D eigenvalue weighted by atomic mass is 10.1. The smallest absolute Gasteiger partial charge is 0.144 e. The lowest BCUT2D eigenvalue weighted by Crippen LogP contribution is -2.20. The van der Waals surface area contributed by atoms with Gasteiger partial charge in [-0.3, -0.25) is 0 Å². The molecule has 3 rings (SSSR count). The highest BCUT2D eigenvalue weighted by molar-refractivity contribution is 8.06. The third-order valence-corrected chi connectivity index (χ3v) is 6.93. The van der Waals surface area contributed by atoms with Crippen LogP contribution < -0.4 is 0 Å². The van der Waals surface area contributed by atoms with E-state index in [2.05, 4.69) is 24.0 Å². The van der Waals surface area contributed by atoms with Gasteiger partial charge in [0.05, 0.1) is 10.9 Å². The number of hydrogen-bond donors (Lipinski definition) is 0. The molecular weight excluding hydrogens is 320 g/mol. The van der Waals surface area contributed by atoms with Gasteiger partial charge in [0.25, 0.3) is 0 Å². The lowest BCUT2D eigenvalue weighted by Gasteiger charge is -2.28. The quantitative estimate of drug-likeness (QED) is 0.728. The molecule has 2 heterocycles. The maximum absolute atomic E-state index is 6.24. The summed E-state index contributed by atoms with van der Waals surface area (Å²) in [6.45, 7) is 2.24. The molecule has 1 aromatic carbocycles. The number of thioether (sulfide) groups is 2. The van der Waals surface area contributed by atoms with Gasteiger partial charge in [0.2, 0.25) is 0 Å². The summed E-state index contributed by atoms with van der Waals surface area (Å²) in [5, 5.41) is 1.45. The van der Waals surface area contributed by atoms with E-state index < -0.39 is 0 Å². The Balaban J connectivity index is 1.97. The van der Waals surface area contributed by atoms with Crippen molar-refractivity contribution < 1.29 is 0 Å². The second kappa shape index (κ2) is 7.03. The van der Waals surface area contributed by atoms with Crippen LogP contribution in [0.5, 0.6) is 0 Å². The zero-order chi connectivity index (χ0) is 14.7. The Morgan fingerprint density at radius 1 is 1.14 bits per heavy atom. The Labute approximate surface area is 139 Å². The molecule has 0 spiro atoms. The van der Waals surface area contributed by atoms with Crippen molar-refractivity contribution in [1.82, 2.24) is 9.97 Å². The Kier molecular flexibility index (Phi) is 5.09. The SMILES string of the molecule is CCC1SCCSC1c1nc(Cl)cc(-c2ccccc2)n1. The average Bonchev–Trinajstić information content (AvgIpc) is 2.55. The summed E-state index contributed by atoms with van der Waals surface area (Å²) in [6.07, 6.45) is 1.14. The van der Waals surface area contributed by atoms with Crippen LogP contribution in [0.1, 0.15) is 24.4 Å². The zero-order valence-electron chi connectivity index (χ0n) is 11.8. The van der Waals surface area contributed by atoms with Crippen molar-refractivity contribution >= 4 is 35.1 Å². The molecule has 21 heavy (non-hydrogen) atoms. The van der Waals surface area contributed by atoms with E-state index in [0.29, 0.717) is 15.7 Å². The minimum absolute atomic E-state index is 0.343. The predicted octanol–water partition coefficient (Wildman–Crippen LogP) is 5.10. The molecule has 0 bridgehead atoms. The highest BCUT2D eigenvalue weighted by Crippen LogP contribution is 2.43. The molecule has 2 atom stereocenters. The number of aromatic nitrogens is 2. The van der Waals surface area contributed by atoms with Crippen LogP contribution in [0.15, 0.2) is 36.4 Å². The van der Waals surface area contributed by atoms with Gasteiger partial charge in [-0.2, -0.15) is 11.8 Å². The largest absolute Gasteiger partial charge is 0.232 e. The van der Waals surface area contributed by atoms with Crippen LogP contribution in [0, 0.1) is 0 Å². The molecule has 0 amide bonds. The van der Waals surface area contributed by atoms with Crippen molar-refractivity contribution in [3.63, 3.8) is 0 Å². The average molecular weight is 337 g/mol. The van der Waals surface area contributed by atoms with Crippen LogP contribution in [0.3, 0.4) is 0 Å². The first-order valence-corrected chi connectivity index (χ1v) is 9.58. The molecule has 0 aliphatic carbocycles. The highest BCUT2D eigenvalue weighted by atomic mass is 35.5. The number of benzene rings is 1. The maximum atomic E-state index is 6.24. The van der Waals surface area contributed by atoms with E-state index in [-0.39, 0.29) is 0 Å². The van der Waals surface area contributed by atoms with Crippen LogP contribution in [-0.4, -0.2) is 26.7 Å². The summed E-state index contributed by atoms with van der Waals surface area (Å²) in [6, 6.07) is 12.0. The zero-order valence-corrected chi connectivity index (χ0v) is 14.2. The summed E-state index contributed by atoms with van der Waals surface area (Å²) in [5.41, 5.74) is 2.00. The number of hydrogen-bond acceptors (Lipinski definition) is 4. The molecule has 1 aromatic heterocycles. The fourth-order valence-electron chi connectivity index (χ4n) is 2.46. The third kappa shape index (κ3) is 3.55. The van der Waals surface area contributed by atoms with Gasteiger partial charge in [-0.15, -0.1) is 11.8 Å². The molecule has 5 heteroatoms. The number of halogens is 1. The molecule has 1 aliphatic heterocycles. The van der Waals surface area contributed by atoms with Crippen molar-refractivity contribution in [2.45, 2.75) is 23.8 Å². The van der Waals surface area contributed by atoms with Crippen molar-refractivity contribution in [3.05, 3.63) is 47.4 Å². The van der Waals surface area contributed by atoms with E-state index in [1.807, 2.05) is 47.8 Å². The van der Waals surface area contributed by atoms with E-state index in [1.165, 1.54) is 5.75 Å². The van der Waals surface area contributed by atoms with Crippen LogP contribution in [0.25, 0.3) is 11.3 Å². The lowest BCUT2D eigenvalue weighted by molar-refractivity contribution is 0.750. The molecule has 2 aromatic rings. The van der Waals surface area contributed by atoms with Gasteiger partial charge in [-0.05, 0) is 6.42 Å². The normalized spacial score (nSPS) is 22.2. The molecule has 2 nitrogen and oxygen atoms in total. The highest BCUT2D eigenvalue weighted by Gasteiger charge is 2.29.